The molecule has 7 nitrogen and oxygen atoms in total. The molecule has 0 saturated carbocycles. The zero-order valence-electron chi connectivity index (χ0n) is 18.9. The van der Waals surface area contributed by atoms with Crippen LogP contribution in [-0.2, 0) is 9.84 Å². The van der Waals surface area contributed by atoms with Crippen molar-refractivity contribution in [3.8, 4) is 28.6 Å². The average Bonchev–Trinajstić information content (AvgIpc) is 3.25. The van der Waals surface area contributed by atoms with Crippen LogP contribution in [0.2, 0.25) is 0 Å². The molecule has 3 heterocycles. The maximum atomic E-state index is 14.1. The minimum Gasteiger partial charge on any atom is -0.451 e. The van der Waals surface area contributed by atoms with E-state index < -0.39 is 27.2 Å². The van der Waals surface area contributed by atoms with E-state index in [1.165, 1.54) is 29.1 Å². The van der Waals surface area contributed by atoms with Crippen LogP contribution in [0.4, 0.5) is 8.78 Å². The zero-order valence-corrected chi connectivity index (χ0v) is 19.7. The van der Waals surface area contributed by atoms with Crippen molar-refractivity contribution in [2.24, 2.45) is 0 Å². The van der Waals surface area contributed by atoms with Gasteiger partial charge in [0.25, 0.3) is 0 Å². The summed E-state index contributed by atoms with van der Waals surface area (Å²) in [7, 11) is -3.47. The number of fused-ring (bicyclic) bond motifs is 1. The summed E-state index contributed by atoms with van der Waals surface area (Å²) in [6.45, 7) is 1.54. The molecule has 0 aliphatic heterocycles. The third kappa shape index (κ3) is 4.50. The van der Waals surface area contributed by atoms with Crippen molar-refractivity contribution in [1.82, 2.24) is 14.7 Å². The van der Waals surface area contributed by atoms with E-state index in [9.17, 15) is 17.2 Å². The number of hydrogen-bond donors (Lipinski definition) is 0. The summed E-state index contributed by atoms with van der Waals surface area (Å²) < 4.78 is 59.5. The number of nitrogens with zero attached hydrogens (tertiary/aromatic N) is 3. The van der Waals surface area contributed by atoms with E-state index in [-0.39, 0.29) is 22.3 Å². The quantitative estimate of drug-likeness (QED) is 0.277. The van der Waals surface area contributed by atoms with E-state index in [1.807, 2.05) is 12.1 Å². The Morgan fingerprint density at radius 2 is 1.67 bits per heavy atom. The number of halogens is 2. The van der Waals surface area contributed by atoms with Crippen LogP contribution >= 0.6 is 0 Å². The maximum absolute atomic E-state index is 14.1. The number of benzene rings is 2. The van der Waals surface area contributed by atoms with Crippen molar-refractivity contribution in [3.63, 3.8) is 0 Å². The molecule has 0 saturated heterocycles. The van der Waals surface area contributed by atoms with Crippen LogP contribution in [0.5, 0.6) is 17.2 Å². The summed E-state index contributed by atoms with van der Waals surface area (Å²) in [6.07, 6.45) is 2.95. The van der Waals surface area contributed by atoms with Crippen LogP contribution in [0.25, 0.3) is 22.3 Å². The highest BCUT2D eigenvalue weighted by Gasteiger charge is 2.18. The lowest BCUT2D eigenvalue weighted by Crippen LogP contribution is -2.09. The largest absolute Gasteiger partial charge is 0.451 e. The second kappa shape index (κ2) is 9.38. The molecule has 182 valence electrons. The Kier molecular flexibility index (Phi) is 6.11. The summed E-state index contributed by atoms with van der Waals surface area (Å²) in [5, 5.41) is 0.692. The van der Waals surface area contributed by atoms with Gasteiger partial charge in [0.1, 0.15) is 11.4 Å². The fourth-order valence-electron chi connectivity index (χ4n) is 3.57. The van der Waals surface area contributed by atoms with Crippen molar-refractivity contribution >= 4 is 20.7 Å². The summed E-state index contributed by atoms with van der Waals surface area (Å²) in [6, 6.07) is 18.5. The fourth-order valence-corrected chi connectivity index (χ4v) is 4.35. The minimum absolute atomic E-state index is 0.0535. The van der Waals surface area contributed by atoms with Gasteiger partial charge in [0.15, 0.2) is 38.0 Å². The normalized spacial score (nSPS) is 11.5. The molecule has 36 heavy (non-hydrogen) atoms. The van der Waals surface area contributed by atoms with Gasteiger partial charge in [0.05, 0.1) is 23.2 Å². The number of aromatic nitrogens is 3. The maximum Gasteiger partial charge on any atom is 0.198 e. The van der Waals surface area contributed by atoms with Gasteiger partial charge in [-0.15, -0.1) is 0 Å². The average molecular weight is 508 g/mol. The number of pyridine rings is 2. The predicted octanol–water partition coefficient (Wildman–Crippen LogP) is 5.80. The number of hydrogen-bond acceptors (Lipinski definition) is 6. The molecule has 0 fully saturated rings. The highest BCUT2D eigenvalue weighted by molar-refractivity contribution is 7.91. The van der Waals surface area contributed by atoms with Gasteiger partial charge < -0.3 is 9.57 Å². The first-order chi connectivity index (χ1) is 17.4. The van der Waals surface area contributed by atoms with Crippen LogP contribution < -0.4 is 9.57 Å². The Balaban J connectivity index is 1.59. The van der Waals surface area contributed by atoms with Gasteiger partial charge in [-0.1, -0.05) is 19.1 Å². The molecular formula is C26H19F2N3O4S. The van der Waals surface area contributed by atoms with E-state index in [1.54, 1.807) is 43.5 Å². The standard InChI is InChI=1S/C26H19F2N3O4S/c1-2-36(32,33)25-12-11-19(16-30-25)35-31-23-15-18(34-26-20(27)6-5-7-21(26)28)10-9-17(23)14-24(31)22-8-3-4-13-29-22/h3-16H,2H2,1H3. The Hall–Kier alpha value is -4.31. The molecule has 0 aliphatic carbocycles. The van der Waals surface area contributed by atoms with Gasteiger partial charge >= 0.3 is 0 Å². The smallest absolute Gasteiger partial charge is 0.198 e. The Bertz CT molecular complexity index is 1630. The van der Waals surface area contributed by atoms with Crippen LogP contribution in [0.1, 0.15) is 6.92 Å². The lowest BCUT2D eigenvalue weighted by Gasteiger charge is -2.13. The van der Waals surface area contributed by atoms with Crippen molar-refractivity contribution in [2.45, 2.75) is 11.9 Å². The lowest BCUT2D eigenvalue weighted by molar-refractivity contribution is 0.232. The molecule has 2 aromatic carbocycles. The second-order valence-electron chi connectivity index (χ2n) is 7.74. The van der Waals surface area contributed by atoms with E-state index in [0.717, 1.165) is 17.5 Å². The van der Waals surface area contributed by atoms with Gasteiger partial charge in [-0.25, -0.2) is 22.2 Å². The van der Waals surface area contributed by atoms with Crippen LogP contribution in [0.3, 0.4) is 0 Å². The first kappa shape index (κ1) is 23.4. The fraction of sp³-hybridized carbons (Fsp3) is 0.0769. The summed E-state index contributed by atoms with van der Waals surface area (Å²) in [5.41, 5.74) is 1.72. The topological polar surface area (TPSA) is 83.3 Å². The van der Waals surface area contributed by atoms with Gasteiger partial charge in [0.2, 0.25) is 0 Å². The van der Waals surface area contributed by atoms with Gasteiger partial charge in [0, 0.05) is 17.6 Å². The van der Waals surface area contributed by atoms with Gasteiger partial charge in [-0.2, -0.15) is 4.73 Å². The molecule has 3 aromatic heterocycles. The first-order valence-electron chi connectivity index (χ1n) is 10.9. The van der Waals surface area contributed by atoms with Crippen LogP contribution in [0, 0.1) is 11.6 Å². The summed E-state index contributed by atoms with van der Waals surface area (Å²) >= 11 is 0. The van der Waals surface area contributed by atoms with Gasteiger partial charge in [-0.3, -0.25) is 4.98 Å². The Labute approximate surface area is 205 Å². The first-order valence-corrected chi connectivity index (χ1v) is 12.6. The lowest BCUT2D eigenvalue weighted by atomic mass is 10.2. The zero-order chi connectivity index (χ0) is 25.3. The van der Waals surface area contributed by atoms with Crippen LogP contribution in [0.15, 0.2) is 90.2 Å². The minimum atomic E-state index is -3.47. The molecule has 0 unspecified atom stereocenters. The molecule has 0 atom stereocenters. The third-order valence-corrected chi connectivity index (χ3v) is 7.04. The molecule has 0 bridgehead atoms. The monoisotopic (exact) mass is 507 g/mol. The predicted molar refractivity (Wildman–Crippen MR) is 130 cm³/mol. The van der Waals surface area contributed by atoms with Crippen LogP contribution in [-0.4, -0.2) is 28.9 Å². The Morgan fingerprint density at radius 3 is 2.33 bits per heavy atom. The molecule has 0 amide bonds. The van der Waals surface area contributed by atoms with Crippen molar-refractivity contribution in [2.75, 3.05) is 5.75 Å². The summed E-state index contributed by atoms with van der Waals surface area (Å²) in [4.78, 5) is 14.5. The molecule has 0 spiro atoms. The van der Waals surface area contributed by atoms with Crippen molar-refractivity contribution < 1.29 is 26.8 Å². The number of sulfone groups is 1. The van der Waals surface area contributed by atoms with E-state index >= 15 is 0 Å². The number of ether oxygens (including phenoxy) is 1. The molecule has 5 rings (SSSR count). The summed E-state index contributed by atoms with van der Waals surface area (Å²) in [5.74, 6) is -1.79. The molecule has 10 heteroatoms. The molecule has 0 N–H and O–H groups in total. The van der Waals surface area contributed by atoms with E-state index in [0.29, 0.717) is 16.9 Å². The van der Waals surface area contributed by atoms with Gasteiger partial charge in [-0.05, 0) is 54.6 Å². The van der Waals surface area contributed by atoms with Crippen molar-refractivity contribution in [1.29, 1.82) is 0 Å². The van der Waals surface area contributed by atoms with E-state index in [2.05, 4.69) is 9.97 Å². The molecular weight excluding hydrogens is 488 g/mol. The Morgan fingerprint density at radius 1 is 0.889 bits per heavy atom. The highest BCUT2D eigenvalue weighted by Crippen LogP contribution is 2.33. The number of rotatable bonds is 7. The SMILES string of the molecule is CCS(=O)(=O)c1ccc(On2c(-c3ccccn3)cc3ccc(Oc4c(F)cccc4F)cc32)cn1. The van der Waals surface area contributed by atoms with Crippen molar-refractivity contribution in [3.05, 3.63) is 96.8 Å². The van der Waals surface area contributed by atoms with E-state index in [4.69, 9.17) is 9.57 Å². The molecule has 0 radical (unpaired) electrons. The third-order valence-electron chi connectivity index (χ3n) is 5.40. The molecule has 0 aliphatic rings. The highest BCUT2D eigenvalue weighted by atomic mass is 32.2. The second-order valence-corrected chi connectivity index (χ2v) is 9.96. The molecule has 5 aromatic rings. The number of para-hydroxylation sites is 1.